The first kappa shape index (κ1) is 9.85. The number of rotatable bonds is 5. The fraction of sp³-hybridized carbons (Fsp3) is 0.333. The smallest absolute Gasteiger partial charge is 0.119 e. The minimum absolute atomic E-state index is 0.792. The molecule has 0 heterocycles. The molecule has 1 aromatic carbocycles. The fourth-order valence-electron chi connectivity index (χ4n) is 1.11. The summed E-state index contributed by atoms with van der Waals surface area (Å²) < 4.78 is 5.46. The van der Waals surface area contributed by atoms with Crippen molar-refractivity contribution in [1.82, 2.24) is 0 Å². The third-order valence-corrected chi connectivity index (χ3v) is 1.78. The summed E-state index contributed by atoms with van der Waals surface area (Å²) in [6.45, 7) is 6.59. The summed E-state index contributed by atoms with van der Waals surface area (Å²) in [5.74, 6) is 0.953. The Bertz CT molecular complexity index is 248. The Kier molecular flexibility index (Phi) is 4.10. The van der Waals surface area contributed by atoms with Crippen LogP contribution < -0.4 is 4.74 Å². The quantitative estimate of drug-likeness (QED) is 0.626. The first-order valence-electron chi connectivity index (χ1n) is 4.69. The van der Waals surface area contributed by atoms with Gasteiger partial charge in [0.15, 0.2) is 0 Å². The Hall–Kier alpha value is -1.24. The highest BCUT2D eigenvalue weighted by atomic mass is 16.5. The standard InChI is InChI=1S/C12H16O/c1-3-5-11-6-8-12(9-7-11)13-10-4-2/h3,6-9H,1,4-5,10H2,2H3. The van der Waals surface area contributed by atoms with E-state index in [-0.39, 0.29) is 0 Å². The van der Waals surface area contributed by atoms with Crippen molar-refractivity contribution in [3.8, 4) is 5.75 Å². The maximum Gasteiger partial charge on any atom is 0.119 e. The molecule has 70 valence electrons. The van der Waals surface area contributed by atoms with Crippen LogP contribution in [0.5, 0.6) is 5.75 Å². The molecule has 0 saturated carbocycles. The zero-order chi connectivity index (χ0) is 9.52. The zero-order valence-electron chi connectivity index (χ0n) is 8.12. The van der Waals surface area contributed by atoms with Gasteiger partial charge in [0.1, 0.15) is 5.75 Å². The molecule has 0 aromatic heterocycles. The number of benzene rings is 1. The number of hydrogen-bond acceptors (Lipinski definition) is 1. The lowest BCUT2D eigenvalue weighted by Crippen LogP contribution is -1.94. The van der Waals surface area contributed by atoms with Crippen LogP contribution in [0.1, 0.15) is 18.9 Å². The predicted octanol–water partition coefficient (Wildman–Crippen LogP) is 3.20. The zero-order valence-corrected chi connectivity index (χ0v) is 8.12. The summed E-state index contributed by atoms with van der Waals surface area (Å²) in [4.78, 5) is 0. The van der Waals surface area contributed by atoms with E-state index in [1.54, 1.807) is 0 Å². The molecule has 1 nitrogen and oxygen atoms in total. The van der Waals surface area contributed by atoms with Crippen molar-refractivity contribution in [3.05, 3.63) is 42.5 Å². The average molecular weight is 176 g/mol. The third-order valence-electron chi connectivity index (χ3n) is 1.78. The van der Waals surface area contributed by atoms with E-state index < -0.39 is 0 Å². The lowest BCUT2D eigenvalue weighted by atomic mass is 10.1. The molecule has 0 bridgehead atoms. The Morgan fingerprint density at radius 2 is 2.00 bits per heavy atom. The van der Waals surface area contributed by atoms with Crippen molar-refractivity contribution < 1.29 is 4.74 Å². The maximum atomic E-state index is 5.46. The molecule has 0 saturated heterocycles. The molecule has 0 aliphatic heterocycles. The van der Waals surface area contributed by atoms with Crippen molar-refractivity contribution >= 4 is 0 Å². The van der Waals surface area contributed by atoms with Gasteiger partial charge in [-0.1, -0.05) is 25.1 Å². The van der Waals surface area contributed by atoms with Gasteiger partial charge in [-0.15, -0.1) is 6.58 Å². The monoisotopic (exact) mass is 176 g/mol. The second kappa shape index (κ2) is 5.41. The second-order valence-corrected chi connectivity index (χ2v) is 2.99. The summed E-state index contributed by atoms with van der Waals surface area (Å²) in [5, 5.41) is 0. The SMILES string of the molecule is C=CCc1ccc(OCCC)cc1. The van der Waals surface area contributed by atoms with Gasteiger partial charge in [0, 0.05) is 0 Å². The molecule has 1 heteroatoms. The van der Waals surface area contributed by atoms with Crippen LogP contribution in [0.4, 0.5) is 0 Å². The second-order valence-electron chi connectivity index (χ2n) is 2.99. The highest BCUT2D eigenvalue weighted by molar-refractivity contribution is 5.28. The van der Waals surface area contributed by atoms with E-state index in [1.165, 1.54) is 5.56 Å². The van der Waals surface area contributed by atoms with Gasteiger partial charge in [0.25, 0.3) is 0 Å². The van der Waals surface area contributed by atoms with Gasteiger partial charge in [0.2, 0.25) is 0 Å². The molecule has 0 fully saturated rings. The van der Waals surface area contributed by atoms with Crippen LogP contribution in [0.3, 0.4) is 0 Å². The Morgan fingerprint density at radius 3 is 2.54 bits per heavy atom. The van der Waals surface area contributed by atoms with E-state index in [2.05, 4.69) is 25.6 Å². The highest BCUT2D eigenvalue weighted by Gasteiger charge is 1.92. The highest BCUT2D eigenvalue weighted by Crippen LogP contribution is 2.12. The number of hydrogen-bond donors (Lipinski definition) is 0. The number of ether oxygens (including phenoxy) is 1. The number of allylic oxidation sites excluding steroid dienone is 1. The van der Waals surface area contributed by atoms with Crippen LogP contribution in [-0.2, 0) is 6.42 Å². The summed E-state index contributed by atoms with van der Waals surface area (Å²) in [6.07, 6.45) is 3.88. The lowest BCUT2D eigenvalue weighted by molar-refractivity contribution is 0.317. The van der Waals surface area contributed by atoms with Gasteiger partial charge in [-0.05, 0) is 30.5 Å². The Balaban J connectivity index is 2.53. The van der Waals surface area contributed by atoms with E-state index in [4.69, 9.17) is 4.74 Å². The molecule has 1 aromatic rings. The largest absolute Gasteiger partial charge is 0.494 e. The van der Waals surface area contributed by atoms with Crippen LogP contribution in [0, 0.1) is 0 Å². The van der Waals surface area contributed by atoms with Crippen LogP contribution in [-0.4, -0.2) is 6.61 Å². The van der Waals surface area contributed by atoms with Gasteiger partial charge < -0.3 is 4.74 Å². The molecular weight excluding hydrogens is 160 g/mol. The lowest BCUT2D eigenvalue weighted by Gasteiger charge is -2.04. The Morgan fingerprint density at radius 1 is 1.31 bits per heavy atom. The summed E-state index contributed by atoms with van der Waals surface area (Å²) >= 11 is 0. The molecule has 0 spiro atoms. The van der Waals surface area contributed by atoms with E-state index in [9.17, 15) is 0 Å². The van der Waals surface area contributed by atoms with Crippen LogP contribution in [0.25, 0.3) is 0 Å². The normalized spacial score (nSPS) is 9.62. The molecule has 0 aliphatic rings. The molecule has 0 unspecified atom stereocenters. The van der Waals surface area contributed by atoms with Crippen molar-refractivity contribution in [1.29, 1.82) is 0 Å². The van der Waals surface area contributed by atoms with Gasteiger partial charge in [0.05, 0.1) is 6.61 Å². The molecular formula is C12H16O. The minimum Gasteiger partial charge on any atom is -0.494 e. The van der Waals surface area contributed by atoms with Crippen molar-refractivity contribution in [2.24, 2.45) is 0 Å². The maximum absolute atomic E-state index is 5.46. The van der Waals surface area contributed by atoms with Crippen LogP contribution in [0.2, 0.25) is 0 Å². The molecule has 0 atom stereocenters. The van der Waals surface area contributed by atoms with Gasteiger partial charge >= 0.3 is 0 Å². The van der Waals surface area contributed by atoms with Crippen LogP contribution >= 0.6 is 0 Å². The molecule has 1 rings (SSSR count). The minimum atomic E-state index is 0.792. The summed E-state index contributed by atoms with van der Waals surface area (Å²) in [5.41, 5.74) is 1.28. The molecule has 0 amide bonds. The van der Waals surface area contributed by atoms with Gasteiger partial charge in [-0.2, -0.15) is 0 Å². The molecule has 0 aliphatic carbocycles. The first-order valence-corrected chi connectivity index (χ1v) is 4.69. The Labute approximate surface area is 80.0 Å². The van der Waals surface area contributed by atoms with E-state index in [0.29, 0.717) is 0 Å². The molecule has 0 N–H and O–H groups in total. The van der Waals surface area contributed by atoms with Crippen molar-refractivity contribution in [3.63, 3.8) is 0 Å². The van der Waals surface area contributed by atoms with Crippen molar-refractivity contribution in [2.75, 3.05) is 6.61 Å². The van der Waals surface area contributed by atoms with E-state index >= 15 is 0 Å². The van der Waals surface area contributed by atoms with E-state index in [1.807, 2.05) is 18.2 Å². The summed E-state index contributed by atoms with van der Waals surface area (Å²) in [6, 6.07) is 8.17. The first-order chi connectivity index (χ1) is 6.36. The average Bonchev–Trinajstić information content (AvgIpc) is 2.17. The molecule has 0 radical (unpaired) electrons. The van der Waals surface area contributed by atoms with Gasteiger partial charge in [-0.25, -0.2) is 0 Å². The topological polar surface area (TPSA) is 9.23 Å². The van der Waals surface area contributed by atoms with Crippen LogP contribution in [0.15, 0.2) is 36.9 Å². The summed E-state index contributed by atoms with van der Waals surface area (Å²) in [7, 11) is 0. The van der Waals surface area contributed by atoms with Crippen molar-refractivity contribution in [2.45, 2.75) is 19.8 Å². The van der Waals surface area contributed by atoms with Gasteiger partial charge in [-0.3, -0.25) is 0 Å². The predicted molar refractivity (Wildman–Crippen MR) is 56.1 cm³/mol. The van der Waals surface area contributed by atoms with E-state index in [0.717, 1.165) is 25.2 Å². The third kappa shape index (κ3) is 3.32. The molecule has 13 heavy (non-hydrogen) atoms. The fourth-order valence-corrected chi connectivity index (χ4v) is 1.11.